The van der Waals surface area contributed by atoms with Crippen molar-refractivity contribution in [2.24, 2.45) is 0 Å². The quantitative estimate of drug-likeness (QED) is 0.674. The van der Waals surface area contributed by atoms with E-state index in [0.29, 0.717) is 0 Å². The predicted octanol–water partition coefficient (Wildman–Crippen LogP) is 1.36. The molecule has 0 fully saturated rings. The average molecular weight is 264 g/mol. The lowest BCUT2D eigenvalue weighted by atomic mass is 10.3. The first-order valence-electron chi connectivity index (χ1n) is 4.77. The topological polar surface area (TPSA) is 78.9 Å². The van der Waals surface area contributed by atoms with Crippen LogP contribution in [0.15, 0.2) is 0 Å². The number of carbonyl (C=O) groups is 3. The van der Waals surface area contributed by atoms with Crippen molar-refractivity contribution in [1.29, 1.82) is 0 Å². The Balaban J connectivity index is -0.00000112. The third kappa shape index (κ3) is 8.69. The van der Waals surface area contributed by atoms with Gasteiger partial charge in [0.05, 0.1) is 0 Å². The molecule has 0 bridgehead atoms. The number of carbonyl (C=O) groups excluding carboxylic acids is 3. The van der Waals surface area contributed by atoms with Gasteiger partial charge in [0.1, 0.15) is 6.61 Å². The van der Waals surface area contributed by atoms with E-state index in [0.717, 1.165) is 0 Å². The Labute approximate surface area is 109 Å². The smallest absolute Gasteiger partial charge is 0.347 e. The van der Waals surface area contributed by atoms with E-state index in [2.05, 4.69) is 4.74 Å². The lowest BCUT2D eigenvalue weighted by molar-refractivity contribution is -0.172. The number of ketones is 1. The molecule has 0 saturated heterocycles. The first-order chi connectivity index (χ1) is 7.38. The molecule has 2 unspecified atom stereocenters. The highest BCUT2D eigenvalue weighted by Crippen LogP contribution is 2.00. The van der Waals surface area contributed by atoms with Crippen LogP contribution in [0.3, 0.4) is 0 Å². The molecule has 0 radical (unpaired) electrons. The molecule has 0 aromatic carbocycles. The van der Waals surface area contributed by atoms with Crippen LogP contribution in [-0.4, -0.2) is 43.6 Å². The summed E-state index contributed by atoms with van der Waals surface area (Å²) in [6, 6.07) is 0. The van der Waals surface area contributed by atoms with E-state index in [1.54, 1.807) is 0 Å². The molecule has 0 aliphatic rings. The van der Waals surface area contributed by atoms with Gasteiger partial charge in [-0.15, -0.1) is 0 Å². The van der Waals surface area contributed by atoms with Gasteiger partial charge < -0.3 is 14.2 Å². The van der Waals surface area contributed by atoms with Crippen LogP contribution in [0.25, 0.3) is 0 Å². The van der Waals surface area contributed by atoms with Gasteiger partial charge in [-0.25, -0.2) is 9.59 Å². The number of ether oxygens (including phenoxy) is 3. The molecule has 0 aromatic rings. The minimum Gasteiger partial charge on any atom is -0.455 e. The monoisotopic (exact) mass is 264 g/mol. The lowest BCUT2D eigenvalue weighted by Crippen LogP contribution is -2.32. The normalized spacial score (nSPS) is 12.2. The molecular weight excluding hydrogens is 240 g/mol. The molecule has 6 nitrogen and oxygen atoms in total. The van der Waals surface area contributed by atoms with Gasteiger partial charge in [0.15, 0.2) is 18.0 Å². The van der Waals surface area contributed by atoms with Crippen LogP contribution < -0.4 is 0 Å². The summed E-state index contributed by atoms with van der Waals surface area (Å²) in [6.07, 6.45) is -1.80. The second kappa shape index (κ2) is 10.7. The summed E-state index contributed by atoms with van der Waals surface area (Å²) < 4.78 is 14.0. The van der Waals surface area contributed by atoms with E-state index in [-0.39, 0.29) is 27.2 Å². The van der Waals surface area contributed by atoms with E-state index in [4.69, 9.17) is 9.47 Å². The van der Waals surface area contributed by atoms with Crippen molar-refractivity contribution < 1.29 is 28.6 Å². The maximum absolute atomic E-state index is 11.2. The van der Waals surface area contributed by atoms with Crippen molar-refractivity contribution in [3.8, 4) is 0 Å². The molecule has 0 N–H and O–H groups in total. The van der Waals surface area contributed by atoms with Gasteiger partial charge in [-0.3, -0.25) is 4.79 Å². The molecule has 2 atom stereocenters. The van der Waals surface area contributed by atoms with Crippen molar-refractivity contribution in [2.45, 2.75) is 47.8 Å². The summed E-state index contributed by atoms with van der Waals surface area (Å²) in [5.41, 5.74) is 0. The third-order valence-electron chi connectivity index (χ3n) is 1.73. The Morgan fingerprint density at radius 3 is 1.89 bits per heavy atom. The summed E-state index contributed by atoms with van der Waals surface area (Å²) in [6.45, 7) is 3.83. The van der Waals surface area contributed by atoms with Crippen molar-refractivity contribution in [3.63, 3.8) is 0 Å². The van der Waals surface area contributed by atoms with Crippen molar-refractivity contribution in [2.75, 3.05) is 13.7 Å². The fourth-order valence-electron chi connectivity index (χ4n) is 0.705. The van der Waals surface area contributed by atoms with Crippen LogP contribution in [0.2, 0.25) is 0 Å². The van der Waals surface area contributed by atoms with E-state index in [1.165, 1.54) is 27.9 Å². The Morgan fingerprint density at radius 1 is 1.00 bits per heavy atom. The fourth-order valence-corrected chi connectivity index (χ4v) is 0.705. The summed E-state index contributed by atoms with van der Waals surface area (Å²) in [7, 11) is 1.35. The highest BCUT2D eigenvalue weighted by molar-refractivity contribution is 5.83. The number of methoxy groups -OCH3 is 1. The summed E-state index contributed by atoms with van der Waals surface area (Å²) in [5.74, 6) is -1.70. The molecular formula is C12H24O6. The zero-order valence-electron chi connectivity index (χ0n) is 9.81. The molecule has 18 heavy (non-hydrogen) atoms. The fraction of sp³-hybridized carbons (Fsp3) is 0.750. The average Bonchev–Trinajstić information content (AvgIpc) is 2.24. The maximum atomic E-state index is 11.2. The largest absolute Gasteiger partial charge is 0.455 e. The number of esters is 2. The van der Waals surface area contributed by atoms with Gasteiger partial charge in [-0.2, -0.15) is 0 Å². The zero-order chi connectivity index (χ0) is 12.7. The molecule has 0 aliphatic heterocycles. The summed E-state index contributed by atoms with van der Waals surface area (Å²) in [4.78, 5) is 32.9. The standard InChI is InChI=1S/C10H16O6.2CH4/c1-6(11)5-15-9(12)8(3)16-10(13)7(2)14-4;;/h7-8H,5H2,1-4H3;2*1H4. The highest BCUT2D eigenvalue weighted by Gasteiger charge is 2.22. The Bertz CT molecular complexity index is 274. The molecule has 0 spiro atoms. The second-order valence-electron chi connectivity index (χ2n) is 3.27. The number of Topliss-reactive ketones (excluding diaryl/α,β-unsaturated/α-hetero) is 1. The van der Waals surface area contributed by atoms with Gasteiger partial charge in [-0.1, -0.05) is 14.9 Å². The Morgan fingerprint density at radius 2 is 1.50 bits per heavy atom. The SMILES string of the molecule is C.C.COC(C)C(=O)OC(C)C(=O)OCC(C)=O. The van der Waals surface area contributed by atoms with Gasteiger partial charge in [0, 0.05) is 7.11 Å². The highest BCUT2D eigenvalue weighted by atomic mass is 16.6. The molecule has 108 valence electrons. The molecule has 6 heteroatoms. The molecule has 0 rings (SSSR count). The number of rotatable bonds is 6. The maximum Gasteiger partial charge on any atom is 0.347 e. The van der Waals surface area contributed by atoms with Gasteiger partial charge >= 0.3 is 11.9 Å². The van der Waals surface area contributed by atoms with E-state index < -0.39 is 24.1 Å². The number of hydrogen-bond acceptors (Lipinski definition) is 6. The second-order valence-corrected chi connectivity index (χ2v) is 3.27. The Hall–Kier alpha value is -1.43. The van der Waals surface area contributed by atoms with Crippen LogP contribution in [-0.2, 0) is 28.6 Å². The summed E-state index contributed by atoms with van der Waals surface area (Å²) in [5, 5.41) is 0. The lowest BCUT2D eigenvalue weighted by Gasteiger charge is -2.14. The van der Waals surface area contributed by atoms with E-state index in [1.807, 2.05) is 0 Å². The Kier molecular flexibility index (Phi) is 13.0. The van der Waals surface area contributed by atoms with Crippen LogP contribution in [0, 0.1) is 0 Å². The minimum absolute atomic E-state index is 0. The van der Waals surface area contributed by atoms with Gasteiger partial charge in [-0.05, 0) is 20.8 Å². The molecule has 0 aliphatic carbocycles. The predicted molar refractivity (Wildman–Crippen MR) is 67.1 cm³/mol. The van der Waals surface area contributed by atoms with E-state index >= 15 is 0 Å². The van der Waals surface area contributed by atoms with Crippen molar-refractivity contribution in [1.82, 2.24) is 0 Å². The minimum atomic E-state index is -1.05. The first kappa shape index (κ1) is 21.8. The van der Waals surface area contributed by atoms with Crippen LogP contribution in [0.5, 0.6) is 0 Å². The van der Waals surface area contributed by atoms with Crippen LogP contribution in [0.4, 0.5) is 0 Å². The summed E-state index contributed by atoms with van der Waals surface area (Å²) >= 11 is 0. The van der Waals surface area contributed by atoms with Crippen LogP contribution in [0.1, 0.15) is 35.6 Å². The number of hydrogen-bond donors (Lipinski definition) is 0. The van der Waals surface area contributed by atoms with Gasteiger partial charge in [0.25, 0.3) is 0 Å². The molecule has 0 aromatic heterocycles. The first-order valence-corrected chi connectivity index (χ1v) is 4.77. The zero-order valence-corrected chi connectivity index (χ0v) is 9.81. The van der Waals surface area contributed by atoms with Crippen LogP contribution >= 0.6 is 0 Å². The molecule has 0 saturated carbocycles. The third-order valence-corrected chi connectivity index (χ3v) is 1.73. The van der Waals surface area contributed by atoms with Gasteiger partial charge in [0.2, 0.25) is 0 Å². The molecule has 0 heterocycles. The van der Waals surface area contributed by atoms with E-state index in [9.17, 15) is 14.4 Å². The van der Waals surface area contributed by atoms with Crippen molar-refractivity contribution >= 4 is 17.7 Å². The van der Waals surface area contributed by atoms with Crippen molar-refractivity contribution in [3.05, 3.63) is 0 Å². The molecule has 0 amide bonds.